The van der Waals surface area contributed by atoms with Gasteiger partial charge >= 0.3 is 11.9 Å². The van der Waals surface area contributed by atoms with Gasteiger partial charge in [-0.3, -0.25) is 9.69 Å². The van der Waals surface area contributed by atoms with Gasteiger partial charge in [-0.05, 0) is 83.5 Å². The summed E-state index contributed by atoms with van der Waals surface area (Å²) in [6, 6.07) is -0.238. The smallest absolute Gasteiger partial charge is 0.341 e. The van der Waals surface area contributed by atoms with E-state index in [2.05, 4.69) is 11.8 Å². The molecular formula is C37H59NO12. The van der Waals surface area contributed by atoms with Crippen LogP contribution in [-0.4, -0.2) is 130 Å². The number of piperidine rings is 2. The number of carbonyl (C=O) groups is 2. The molecule has 0 aromatic carbocycles. The monoisotopic (exact) mass is 709 g/mol. The summed E-state index contributed by atoms with van der Waals surface area (Å²) >= 11 is 0. The van der Waals surface area contributed by atoms with Crippen LogP contribution in [0.15, 0.2) is 0 Å². The SMILES string of the molecule is CC[C@@H](C)C(=O)O[C@H]1[C@H](O)C2C(CN3CC(C)CCC3C2(C)O)C2CC34O[C@@]5(O)C(C[C@@H](O)C3C21O)C4(C)CC[C@@H]5OC(=O)[C@@](C)(O)[C@@H](C)O. The van der Waals surface area contributed by atoms with Crippen molar-refractivity contribution >= 4 is 11.9 Å². The standard InChI is InChI=1S/C37H59NO12/c1-8-18(3)30(42)49-29-27(41)26-20(16-38-15-17(2)9-10-24(38)34(26,7)45)21-14-35-28(36(21,29)46)22(40)13-23-32(35,5)12-11-25(37(23,47)50-35)48-31(43)33(6,44)19(4)39/h17-29,39-41,44-47H,8-16H2,1-7H3/t17?,18-,19-,20?,21?,22-,23?,24?,25+,26?,27-,28?,29+,32?,33+,34?,35?,36?,37+/m1/s1. The Morgan fingerprint density at radius 1 is 1.06 bits per heavy atom. The molecule has 13 heteroatoms. The number of rotatable bonds is 6. The lowest BCUT2D eigenvalue weighted by atomic mass is 9.49. The number of fused-ring (bicyclic) bond motifs is 5. The molecule has 0 aromatic rings. The minimum absolute atomic E-state index is 0.0328. The molecule has 3 saturated heterocycles. The van der Waals surface area contributed by atoms with E-state index >= 15 is 0 Å². The molecule has 7 N–H and O–H groups in total. The van der Waals surface area contributed by atoms with Crippen LogP contribution in [0.5, 0.6) is 0 Å². The Labute approximate surface area is 294 Å². The first-order valence-electron chi connectivity index (χ1n) is 18.9. The van der Waals surface area contributed by atoms with Gasteiger partial charge in [-0.2, -0.15) is 0 Å². The quantitative estimate of drug-likeness (QED) is 0.188. The highest BCUT2D eigenvalue weighted by Crippen LogP contribution is 2.77. The molecule has 284 valence electrons. The van der Waals surface area contributed by atoms with Gasteiger partial charge in [0.25, 0.3) is 0 Å². The van der Waals surface area contributed by atoms with Gasteiger partial charge in [0, 0.05) is 42.3 Å². The van der Waals surface area contributed by atoms with Crippen molar-refractivity contribution in [3.05, 3.63) is 0 Å². The number of hydrogen-bond acceptors (Lipinski definition) is 13. The van der Waals surface area contributed by atoms with Crippen molar-refractivity contribution in [3.8, 4) is 0 Å². The van der Waals surface area contributed by atoms with Gasteiger partial charge in [-0.15, -0.1) is 0 Å². The number of ether oxygens (including phenoxy) is 3. The number of nitrogens with zero attached hydrogens (tertiary/aromatic N) is 1. The highest BCUT2D eigenvalue weighted by molar-refractivity contribution is 5.79. The molecule has 4 aliphatic carbocycles. The van der Waals surface area contributed by atoms with Crippen molar-refractivity contribution in [2.75, 3.05) is 13.1 Å². The van der Waals surface area contributed by atoms with Gasteiger partial charge in [-0.25, -0.2) is 4.79 Å². The van der Waals surface area contributed by atoms with E-state index in [1.807, 2.05) is 13.8 Å². The zero-order chi connectivity index (χ0) is 36.7. The maximum absolute atomic E-state index is 13.5. The van der Waals surface area contributed by atoms with Crippen molar-refractivity contribution in [3.63, 3.8) is 0 Å². The largest absolute Gasteiger partial charge is 0.456 e. The second-order valence-electron chi connectivity index (χ2n) is 18.2. The van der Waals surface area contributed by atoms with Crippen molar-refractivity contribution in [2.45, 2.75) is 158 Å². The van der Waals surface area contributed by atoms with Crippen LogP contribution in [-0.2, 0) is 23.8 Å². The maximum atomic E-state index is 13.5. The first-order valence-corrected chi connectivity index (χ1v) is 18.9. The lowest BCUT2D eigenvalue weighted by Crippen LogP contribution is -2.77. The second kappa shape index (κ2) is 11.5. The third-order valence-corrected chi connectivity index (χ3v) is 15.5. The molecule has 3 aliphatic heterocycles. The van der Waals surface area contributed by atoms with E-state index in [9.17, 15) is 45.3 Å². The van der Waals surface area contributed by atoms with Crippen molar-refractivity contribution in [1.29, 1.82) is 0 Å². The van der Waals surface area contributed by atoms with Crippen LogP contribution in [0.1, 0.15) is 93.4 Å². The molecular weight excluding hydrogens is 650 g/mol. The van der Waals surface area contributed by atoms with Gasteiger partial charge in [0.2, 0.25) is 5.79 Å². The highest BCUT2D eigenvalue weighted by atomic mass is 16.7. The fraction of sp³-hybridized carbons (Fsp3) is 0.946. The molecule has 7 rings (SSSR count). The lowest BCUT2D eigenvalue weighted by Gasteiger charge is -2.64. The van der Waals surface area contributed by atoms with Crippen LogP contribution >= 0.6 is 0 Å². The third-order valence-electron chi connectivity index (χ3n) is 15.5. The summed E-state index contributed by atoms with van der Waals surface area (Å²) in [5.41, 5.74) is -7.89. The number of carbonyl (C=O) groups excluding carboxylic acids is 2. The Morgan fingerprint density at radius 2 is 1.74 bits per heavy atom. The molecule has 0 amide bonds. The fourth-order valence-corrected chi connectivity index (χ4v) is 12.5. The minimum Gasteiger partial charge on any atom is -0.456 e. The predicted octanol–water partition coefficient (Wildman–Crippen LogP) is 0.466. The molecule has 50 heavy (non-hydrogen) atoms. The zero-order valence-corrected chi connectivity index (χ0v) is 30.5. The van der Waals surface area contributed by atoms with E-state index in [1.165, 1.54) is 6.92 Å². The molecule has 7 aliphatic rings. The molecule has 0 radical (unpaired) electrons. The average Bonchev–Trinajstić information content (AvgIpc) is 3.31. The Morgan fingerprint density at radius 3 is 2.38 bits per heavy atom. The number of hydrogen-bond donors (Lipinski definition) is 7. The van der Waals surface area contributed by atoms with Gasteiger partial charge in [0.05, 0.1) is 35.4 Å². The number of esters is 2. The highest BCUT2D eigenvalue weighted by Gasteiger charge is 2.87. The summed E-state index contributed by atoms with van der Waals surface area (Å²) in [6.07, 6.45) is -4.15. The number of aliphatic hydroxyl groups excluding tert-OH is 3. The summed E-state index contributed by atoms with van der Waals surface area (Å²) in [7, 11) is 0. The normalized spacial score (nSPS) is 54.6. The molecule has 19 atom stereocenters. The van der Waals surface area contributed by atoms with E-state index < -0.39 is 112 Å². The predicted molar refractivity (Wildman–Crippen MR) is 176 cm³/mol. The van der Waals surface area contributed by atoms with Gasteiger partial charge in [0.15, 0.2) is 17.8 Å². The number of aliphatic hydroxyl groups is 7. The van der Waals surface area contributed by atoms with Crippen molar-refractivity contribution in [1.82, 2.24) is 4.90 Å². The van der Waals surface area contributed by atoms with Gasteiger partial charge in [0.1, 0.15) is 5.60 Å². The zero-order valence-electron chi connectivity index (χ0n) is 30.5. The van der Waals surface area contributed by atoms with Crippen molar-refractivity contribution in [2.24, 2.45) is 46.8 Å². The second-order valence-corrected chi connectivity index (χ2v) is 18.2. The van der Waals surface area contributed by atoms with Crippen molar-refractivity contribution < 1.29 is 59.5 Å². The molecule has 4 bridgehead atoms. The van der Waals surface area contributed by atoms with Crippen LogP contribution in [0, 0.1) is 46.8 Å². The average molecular weight is 710 g/mol. The molecule has 13 nitrogen and oxygen atoms in total. The van der Waals surface area contributed by atoms with Crippen LogP contribution < -0.4 is 0 Å². The Bertz CT molecular complexity index is 1390. The van der Waals surface area contributed by atoms with Crippen LogP contribution in [0.4, 0.5) is 0 Å². The fourth-order valence-electron chi connectivity index (χ4n) is 12.5. The van der Waals surface area contributed by atoms with E-state index in [0.29, 0.717) is 25.3 Å². The molecule has 1 spiro atoms. The summed E-state index contributed by atoms with van der Waals surface area (Å²) in [5.74, 6) is -7.78. The van der Waals surface area contributed by atoms with E-state index in [4.69, 9.17) is 14.2 Å². The summed E-state index contributed by atoms with van der Waals surface area (Å²) in [5, 5.41) is 83.5. The molecule has 4 saturated carbocycles. The van der Waals surface area contributed by atoms with Gasteiger partial charge in [-0.1, -0.05) is 27.7 Å². The minimum atomic E-state index is -2.25. The maximum Gasteiger partial charge on any atom is 0.341 e. The van der Waals surface area contributed by atoms with Crippen LogP contribution in [0.3, 0.4) is 0 Å². The van der Waals surface area contributed by atoms with E-state index in [-0.39, 0.29) is 25.3 Å². The van der Waals surface area contributed by atoms with Crippen LogP contribution in [0.2, 0.25) is 0 Å². The molecule has 0 aromatic heterocycles. The first kappa shape index (κ1) is 36.9. The third kappa shape index (κ3) is 4.57. The Hall–Kier alpha value is -1.42. The van der Waals surface area contributed by atoms with E-state index in [0.717, 1.165) is 26.3 Å². The summed E-state index contributed by atoms with van der Waals surface area (Å²) in [6.45, 7) is 13.1. The summed E-state index contributed by atoms with van der Waals surface area (Å²) < 4.78 is 18.7. The Balaban J connectivity index is 1.34. The van der Waals surface area contributed by atoms with Gasteiger partial charge < -0.3 is 50.0 Å². The summed E-state index contributed by atoms with van der Waals surface area (Å²) in [4.78, 5) is 28.9. The molecule has 7 fully saturated rings. The van der Waals surface area contributed by atoms with E-state index in [1.54, 1.807) is 13.8 Å². The lowest BCUT2D eigenvalue weighted by molar-refractivity contribution is -0.300. The molecule has 3 heterocycles. The topological polar surface area (TPSA) is 207 Å². The molecule has 11 unspecified atom stereocenters. The first-order chi connectivity index (χ1) is 23.1. The van der Waals surface area contributed by atoms with Crippen LogP contribution in [0.25, 0.3) is 0 Å². The Kier molecular flexibility index (Phi) is 8.52.